The van der Waals surface area contributed by atoms with Crippen molar-refractivity contribution in [2.75, 3.05) is 6.54 Å². The summed E-state index contributed by atoms with van der Waals surface area (Å²) in [6.07, 6.45) is 4.09. The Hall–Kier alpha value is -1.06. The van der Waals surface area contributed by atoms with Crippen LogP contribution in [-0.4, -0.2) is 24.0 Å². The van der Waals surface area contributed by atoms with Gasteiger partial charge in [-0.15, -0.1) is 0 Å². The first kappa shape index (κ1) is 9.94. The molecule has 0 aliphatic carbocycles. The summed E-state index contributed by atoms with van der Waals surface area (Å²) in [7, 11) is 0. The van der Waals surface area contributed by atoms with E-state index in [1.54, 1.807) is 0 Å². The van der Waals surface area contributed by atoms with Crippen LogP contribution in [0.25, 0.3) is 0 Å². The molecule has 4 nitrogen and oxygen atoms in total. The van der Waals surface area contributed by atoms with E-state index in [1.165, 1.54) is 6.34 Å². The second-order valence-corrected chi connectivity index (χ2v) is 2.26. The van der Waals surface area contributed by atoms with E-state index in [2.05, 4.69) is 4.99 Å². The Bertz CT molecular complexity index is 134. The third-order valence-electron chi connectivity index (χ3n) is 1.28. The predicted octanol–water partition coefficient (Wildman–Crippen LogP) is 0.618. The van der Waals surface area contributed by atoms with Crippen LogP contribution in [-0.2, 0) is 4.79 Å². The molecule has 0 aromatic rings. The minimum absolute atomic E-state index is 0.256. The number of aliphatic imine (C=N–C) groups is 1. The largest absolute Gasteiger partial charge is 0.481 e. The van der Waals surface area contributed by atoms with Gasteiger partial charge in [0, 0.05) is 13.0 Å². The first-order chi connectivity index (χ1) is 5.27. The summed E-state index contributed by atoms with van der Waals surface area (Å²) in [5.74, 6) is -0.729. The highest BCUT2D eigenvalue weighted by atomic mass is 16.4. The number of carboxylic acid groups (broad SMARTS) is 1. The molecule has 0 heterocycles. The molecule has 64 valence electrons. The van der Waals surface area contributed by atoms with Crippen LogP contribution in [0.4, 0.5) is 0 Å². The molecule has 0 atom stereocenters. The zero-order valence-electron chi connectivity index (χ0n) is 6.49. The van der Waals surface area contributed by atoms with Crippen molar-refractivity contribution in [3.63, 3.8) is 0 Å². The summed E-state index contributed by atoms with van der Waals surface area (Å²) in [5.41, 5.74) is 5.01. The topological polar surface area (TPSA) is 75.7 Å². The van der Waals surface area contributed by atoms with Crippen molar-refractivity contribution in [3.05, 3.63) is 0 Å². The van der Waals surface area contributed by atoms with Crippen LogP contribution in [0.5, 0.6) is 0 Å². The number of rotatable bonds is 6. The summed E-state index contributed by atoms with van der Waals surface area (Å²) in [4.78, 5) is 13.8. The van der Waals surface area contributed by atoms with Crippen molar-refractivity contribution in [3.8, 4) is 0 Å². The quantitative estimate of drug-likeness (QED) is 0.338. The monoisotopic (exact) mass is 158 g/mol. The van der Waals surface area contributed by atoms with Crippen molar-refractivity contribution in [1.29, 1.82) is 0 Å². The van der Waals surface area contributed by atoms with Crippen molar-refractivity contribution >= 4 is 12.3 Å². The van der Waals surface area contributed by atoms with Gasteiger partial charge < -0.3 is 10.8 Å². The molecule has 0 fully saturated rings. The normalized spacial score (nSPS) is 10.5. The molecule has 0 unspecified atom stereocenters. The average molecular weight is 158 g/mol. The third kappa shape index (κ3) is 8.94. The predicted molar refractivity (Wildman–Crippen MR) is 43.7 cm³/mol. The fourth-order valence-corrected chi connectivity index (χ4v) is 0.731. The lowest BCUT2D eigenvalue weighted by Crippen LogP contribution is -1.95. The van der Waals surface area contributed by atoms with Gasteiger partial charge in [0.1, 0.15) is 0 Å². The molecule has 0 aliphatic rings. The lowest BCUT2D eigenvalue weighted by atomic mass is 10.2. The van der Waals surface area contributed by atoms with E-state index in [4.69, 9.17) is 10.8 Å². The van der Waals surface area contributed by atoms with Gasteiger partial charge in [0.05, 0.1) is 6.34 Å². The maximum absolute atomic E-state index is 10.0. The molecule has 11 heavy (non-hydrogen) atoms. The maximum atomic E-state index is 10.0. The Morgan fingerprint density at radius 3 is 2.73 bits per heavy atom. The van der Waals surface area contributed by atoms with Crippen molar-refractivity contribution in [2.45, 2.75) is 25.7 Å². The number of nitrogens with two attached hydrogens (primary N) is 1. The lowest BCUT2D eigenvalue weighted by molar-refractivity contribution is -0.137. The van der Waals surface area contributed by atoms with E-state index in [1.807, 2.05) is 0 Å². The van der Waals surface area contributed by atoms with Crippen LogP contribution >= 0.6 is 0 Å². The number of aliphatic carboxylic acids is 1. The molecular formula is C7H14N2O2. The molecule has 0 saturated heterocycles. The summed E-state index contributed by atoms with van der Waals surface area (Å²) in [6.45, 7) is 0.704. The molecule has 0 spiro atoms. The molecular weight excluding hydrogens is 144 g/mol. The van der Waals surface area contributed by atoms with Crippen molar-refractivity contribution in [2.24, 2.45) is 10.7 Å². The van der Waals surface area contributed by atoms with Gasteiger partial charge in [-0.3, -0.25) is 9.79 Å². The Morgan fingerprint density at radius 2 is 2.18 bits per heavy atom. The molecule has 0 bridgehead atoms. The van der Waals surface area contributed by atoms with Gasteiger partial charge in [-0.2, -0.15) is 0 Å². The number of hydrogen-bond acceptors (Lipinski definition) is 2. The number of hydrogen-bond donors (Lipinski definition) is 2. The highest BCUT2D eigenvalue weighted by molar-refractivity contribution is 5.66. The SMILES string of the molecule is NC=NCCCCCC(=O)O. The number of nitrogens with zero attached hydrogens (tertiary/aromatic N) is 1. The fourth-order valence-electron chi connectivity index (χ4n) is 0.731. The minimum Gasteiger partial charge on any atom is -0.481 e. The van der Waals surface area contributed by atoms with Gasteiger partial charge in [-0.1, -0.05) is 6.42 Å². The van der Waals surface area contributed by atoms with Crippen LogP contribution in [0.3, 0.4) is 0 Å². The van der Waals surface area contributed by atoms with Gasteiger partial charge in [0.2, 0.25) is 0 Å². The summed E-state index contributed by atoms with van der Waals surface area (Å²) >= 11 is 0. The zero-order chi connectivity index (χ0) is 8.53. The maximum Gasteiger partial charge on any atom is 0.303 e. The second kappa shape index (κ2) is 7.05. The Kier molecular flexibility index (Phi) is 6.37. The van der Waals surface area contributed by atoms with Crippen LogP contribution < -0.4 is 5.73 Å². The first-order valence-corrected chi connectivity index (χ1v) is 3.69. The highest BCUT2D eigenvalue weighted by Crippen LogP contribution is 1.99. The summed E-state index contributed by atoms with van der Waals surface area (Å²) in [6, 6.07) is 0. The van der Waals surface area contributed by atoms with Gasteiger partial charge >= 0.3 is 5.97 Å². The standard InChI is InChI=1S/C7H14N2O2/c8-6-9-5-3-1-2-4-7(10)11/h6H,1-5H2,(H2,8,9)(H,10,11). The zero-order valence-corrected chi connectivity index (χ0v) is 6.49. The smallest absolute Gasteiger partial charge is 0.303 e. The second-order valence-electron chi connectivity index (χ2n) is 2.26. The molecule has 0 radical (unpaired) electrons. The third-order valence-corrected chi connectivity index (χ3v) is 1.28. The first-order valence-electron chi connectivity index (χ1n) is 3.69. The lowest BCUT2D eigenvalue weighted by Gasteiger charge is -1.94. The Balaban J connectivity index is 2.96. The van der Waals surface area contributed by atoms with Gasteiger partial charge in [0.15, 0.2) is 0 Å². The van der Waals surface area contributed by atoms with E-state index < -0.39 is 5.97 Å². The molecule has 0 saturated carbocycles. The van der Waals surface area contributed by atoms with Crippen LogP contribution in [0, 0.1) is 0 Å². The molecule has 3 N–H and O–H groups in total. The molecule has 0 amide bonds. The van der Waals surface area contributed by atoms with Crippen molar-refractivity contribution in [1.82, 2.24) is 0 Å². The van der Waals surface area contributed by atoms with Crippen LogP contribution in [0.1, 0.15) is 25.7 Å². The van der Waals surface area contributed by atoms with E-state index in [-0.39, 0.29) is 6.42 Å². The van der Waals surface area contributed by atoms with Gasteiger partial charge in [-0.25, -0.2) is 0 Å². The van der Waals surface area contributed by atoms with E-state index in [0.29, 0.717) is 6.54 Å². The Morgan fingerprint density at radius 1 is 1.45 bits per heavy atom. The molecule has 4 heteroatoms. The highest BCUT2D eigenvalue weighted by Gasteiger charge is 1.94. The van der Waals surface area contributed by atoms with Gasteiger partial charge in [0.25, 0.3) is 0 Å². The Labute approximate surface area is 66.1 Å². The molecule has 0 rings (SSSR count). The summed E-state index contributed by atoms with van der Waals surface area (Å²) in [5, 5.41) is 8.27. The van der Waals surface area contributed by atoms with Crippen LogP contribution in [0.2, 0.25) is 0 Å². The van der Waals surface area contributed by atoms with E-state index in [9.17, 15) is 4.79 Å². The van der Waals surface area contributed by atoms with E-state index in [0.717, 1.165) is 19.3 Å². The molecule has 0 aromatic heterocycles. The number of unbranched alkanes of at least 4 members (excludes halogenated alkanes) is 2. The van der Waals surface area contributed by atoms with E-state index >= 15 is 0 Å². The summed E-state index contributed by atoms with van der Waals surface area (Å²) < 4.78 is 0. The number of carbonyl (C=O) groups is 1. The molecule has 0 aromatic carbocycles. The van der Waals surface area contributed by atoms with Gasteiger partial charge in [-0.05, 0) is 12.8 Å². The average Bonchev–Trinajstić information content (AvgIpc) is 1.96. The molecule has 0 aliphatic heterocycles. The minimum atomic E-state index is -0.729. The fraction of sp³-hybridized carbons (Fsp3) is 0.714. The number of carboxylic acids is 1. The van der Waals surface area contributed by atoms with Crippen LogP contribution in [0.15, 0.2) is 4.99 Å². The van der Waals surface area contributed by atoms with Crippen molar-refractivity contribution < 1.29 is 9.90 Å².